The summed E-state index contributed by atoms with van der Waals surface area (Å²) in [5, 5.41) is 14.9. The molecule has 0 saturated carbocycles. The Balaban J connectivity index is 1.53. The van der Waals surface area contributed by atoms with E-state index in [-0.39, 0.29) is 23.8 Å². The minimum Gasteiger partial charge on any atom is -0.382 e. The third-order valence-electron chi connectivity index (χ3n) is 4.54. The predicted molar refractivity (Wildman–Crippen MR) is 91.6 cm³/mol. The maximum atomic E-state index is 13.4. The zero-order valence-electron chi connectivity index (χ0n) is 13.6. The first kappa shape index (κ1) is 16.2. The van der Waals surface area contributed by atoms with E-state index in [1.54, 1.807) is 18.2 Å². The van der Waals surface area contributed by atoms with E-state index in [1.165, 1.54) is 29.2 Å². The van der Waals surface area contributed by atoms with Gasteiger partial charge in [0.1, 0.15) is 5.82 Å². The number of oxime groups is 1. The van der Waals surface area contributed by atoms with Crippen LogP contribution in [0.4, 0.5) is 15.8 Å². The number of nitrogens with zero attached hydrogens (tertiary/aromatic N) is 3. The lowest BCUT2D eigenvalue weighted by atomic mass is 10.0. The van der Waals surface area contributed by atoms with Crippen LogP contribution in [-0.4, -0.2) is 29.2 Å². The van der Waals surface area contributed by atoms with Crippen molar-refractivity contribution in [2.75, 3.05) is 11.4 Å². The molecule has 0 aromatic heterocycles. The third-order valence-corrected chi connectivity index (χ3v) is 4.54. The molecule has 0 saturated heterocycles. The maximum absolute atomic E-state index is 13.4. The van der Waals surface area contributed by atoms with E-state index >= 15 is 0 Å². The molecule has 0 bridgehead atoms. The number of nitro groups is 1. The van der Waals surface area contributed by atoms with Gasteiger partial charge in [-0.3, -0.25) is 14.9 Å². The van der Waals surface area contributed by atoms with Crippen molar-refractivity contribution in [3.63, 3.8) is 0 Å². The largest absolute Gasteiger partial charge is 0.382 e. The molecule has 1 amide bonds. The van der Waals surface area contributed by atoms with Crippen LogP contribution >= 0.6 is 0 Å². The fourth-order valence-electron chi connectivity index (χ4n) is 3.23. The number of carbonyl (C=O) groups is 1. The summed E-state index contributed by atoms with van der Waals surface area (Å²) in [5.74, 6) is -0.694. The van der Waals surface area contributed by atoms with Crippen LogP contribution in [0.1, 0.15) is 17.5 Å². The molecule has 2 aliphatic rings. The quantitative estimate of drug-likeness (QED) is 0.626. The highest BCUT2D eigenvalue weighted by Crippen LogP contribution is 2.33. The number of halogens is 1. The number of benzene rings is 2. The molecular formula is C18H14FN3O4. The summed E-state index contributed by atoms with van der Waals surface area (Å²) >= 11 is 0. The highest BCUT2D eigenvalue weighted by molar-refractivity contribution is 6.07. The van der Waals surface area contributed by atoms with Crippen molar-refractivity contribution >= 4 is 23.0 Å². The van der Waals surface area contributed by atoms with Crippen LogP contribution < -0.4 is 4.90 Å². The second-order valence-electron chi connectivity index (χ2n) is 6.16. The molecule has 7 nitrogen and oxygen atoms in total. The fraction of sp³-hybridized carbons (Fsp3) is 0.222. The Bertz CT molecular complexity index is 944. The Labute approximate surface area is 147 Å². The Kier molecular flexibility index (Phi) is 3.87. The van der Waals surface area contributed by atoms with Gasteiger partial charge in [-0.05, 0) is 24.1 Å². The lowest BCUT2D eigenvalue weighted by Crippen LogP contribution is -2.38. The summed E-state index contributed by atoms with van der Waals surface area (Å²) in [4.78, 5) is 30.1. The van der Waals surface area contributed by atoms with Crippen molar-refractivity contribution < 1.29 is 18.9 Å². The van der Waals surface area contributed by atoms with Gasteiger partial charge < -0.3 is 9.74 Å². The summed E-state index contributed by atoms with van der Waals surface area (Å²) in [5.41, 5.74) is 2.42. The smallest absolute Gasteiger partial charge is 0.271 e. The second kappa shape index (κ2) is 6.21. The van der Waals surface area contributed by atoms with Gasteiger partial charge in [-0.1, -0.05) is 23.4 Å². The number of anilines is 1. The summed E-state index contributed by atoms with van der Waals surface area (Å²) in [7, 11) is 0. The molecule has 2 heterocycles. The molecule has 2 aliphatic heterocycles. The van der Waals surface area contributed by atoms with Gasteiger partial charge in [0.25, 0.3) is 11.6 Å². The molecular weight excluding hydrogens is 341 g/mol. The van der Waals surface area contributed by atoms with Crippen LogP contribution in [0.5, 0.6) is 0 Å². The minimum absolute atomic E-state index is 0.0625. The first-order valence-electron chi connectivity index (χ1n) is 8.10. The number of rotatable bonds is 3. The van der Waals surface area contributed by atoms with Gasteiger partial charge in [-0.25, -0.2) is 4.39 Å². The van der Waals surface area contributed by atoms with Gasteiger partial charge in [0.05, 0.1) is 16.3 Å². The van der Waals surface area contributed by atoms with Gasteiger partial charge in [0.15, 0.2) is 0 Å². The van der Waals surface area contributed by atoms with Crippen molar-refractivity contribution in [1.29, 1.82) is 0 Å². The maximum Gasteiger partial charge on any atom is 0.271 e. The molecule has 0 N–H and O–H groups in total. The Morgan fingerprint density at radius 2 is 2.15 bits per heavy atom. The van der Waals surface area contributed by atoms with Crippen LogP contribution in [-0.2, 0) is 16.1 Å². The van der Waals surface area contributed by atoms with E-state index in [4.69, 9.17) is 4.84 Å². The molecule has 132 valence electrons. The van der Waals surface area contributed by atoms with E-state index in [0.717, 1.165) is 5.56 Å². The normalized spacial score (nSPS) is 18.3. The summed E-state index contributed by atoms with van der Waals surface area (Å²) in [6, 6.07) is 10.4. The highest BCUT2D eigenvalue weighted by Gasteiger charge is 2.36. The second-order valence-corrected chi connectivity index (χ2v) is 6.16. The molecule has 8 heteroatoms. The molecule has 1 atom stereocenters. The van der Waals surface area contributed by atoms with Gasteiger partial charge in [0, 0.05) is 30.7 Å². The number of hydrogen-bond acceptors (Lipinski definition) is 5. The van der Waals surface area contributed by atoms with Crippen LogP contribution in [0.3, 0.4) is 0 Å². The molecule has 0 radical (unpaired) electrons. The lowest BCUT2D eigenvalue weighted by Gasteiger charge is -2.19. The van der Waals surface area contributed by atoms with Crippen LogP contribution in [0, 0.1) is 15.9 Å². The number of carbonyl (C=O) groups excluding carboxylic acids is 1. The molecule has 1 unspecified atom stereocenters. The number of non-ortho nitro benzene ring substituents is 1. The zero-order valence-corrected chi connectivity index (χ0v) is 13.6. The van der Waals surface area contributed by atoms with E-state index in [0.29, 0.717) is 29.9 Å². The third kappa shape index (κ3) is 2.79. The fourth-order valence-corrected chi connectivity index (χ4v) is 3.23. The average Bonchev–Trinajstić information content (AvgIpc) is 3.28. The number of nitro benzene ring substituents is 1. The van der Waals surface area contributed by atoms with Crippen molar-refractivity contribution in [2.45, 2.75) is 18.9 Å². The molecule has 0 fully saturated rings. The van der Waals surface area contributed by atoms with Gasteiger partial charge in [0.2, 0.25) is 6.10 Å². The van der Waals surface area contributed by atoms with Crippen LogP contribution in [0.25, 0.3) is 0 Å². The van der Waals surface area contributed by atoms with Crippen molar-refractivity contribution in [3.05, 3.63) is 69.5 Å². The summed E-state index contributed by atoms with van der Waals surface area (Å²) in [6.07, 6.45) is 0.0328. The molecule has 2 aromatic rings. The summed E-state index contributed by atoms with van der Waals surface area (Å²) in [6.45, 7) is 0.435. The average molecular weight is 355 g/mol. The molecule has 26 heavy (non-hydrogen) atoms. The SMILES string of the molecule is O=C(C1CC(c2cccc(F)c2)=NO1)N1CCc2ccc([N+](=O)[O-])cc21. The van der Waals surface area contributed by atoms with Crippen molar-refractivity contribution in [2.24, 2.45) is 5.16 Å². The van der Waals surface area contributed by atoms with Crippen molar-refractivity contribution in [3.8, 4) is 0 Å². The Morgan fingerprint density at radius 1 is 1.31 bits per heavy atom. The predicted octanol–water partition coefficient (Wildman–Crippen LogP) is 2.82. The summed E-state index contributed by atoms with van der Waals surface area (Å²) < 4.78 is 13.4. The first-order valence-corrected chi connectivity index (χ1v) is 8.10. The Morgan fingerprint density at radius 3 is 2.92 bits per heavy atom. The topological polar surface area (TPSA) is 85.0 Å². The monoisotopic (exact) mass is 355 g/mol. The standard InChI is InChI=1S/C18H14FN3O4/c19-13-3-1-2-12(8-13)15-10-17(26-20-15)18(23)21-7-6-11-4-5-14(22(24)25)9-16(11)21/h1-5,8-9,17H,6-7,10H2. The number of fused-ring (bicyclic) bond motifs is 1. The Hall–Kier alpha value is -3.29. The zero-order chi connectivity index (χ0) is 18.3. The van der Waals surface area contributed by atoms with Gasteiger partial charge in [-0.15, -0.1) is 0 Å². The molecule has 2 aromatic carbocycles. The van der Waals surface area contributed by atoms with E-state index in [1.807, 2.05) is 0 Å². The molecule has 0 spiro atoms. The minimum atomic E-state index is -0.821. The number of hydrogen-bond donors (Lipinski definition) is 0. The number of amides is 1. The molecule has 0 aliphatic carbocycles. The van der Waals surface area contributed by atoms with E-state index in [9.17, 15) is 19.3 Å². The van der Waals surface area contributed by atoms with E-state index < -0.39 is 11.0 Å². The van der Waals surface area contributed by atoms with Gasteiger partial charge >= 0.3 is 0 Å². The van der Waals surface area contributed by atoms with E-state index in [2.05, 4.69) is 5.16 Å². The first-order chi connectivity index (χ1) is 12.5. The van der Waals surface area contributed by atoms with Gasteiger partial charge in [-0.2, -0.15) is 0 Å². The molecule has 4 rings (SSSR count). The van der Waals surface area contributed by atoms with Crippen molar-refractivity contribution in [1.82, 2.24) is 0 Å². The van der Waals surface area contributed by atoms with Crippen LogP contribution in [0.15, 0.2) is 47.6 Å². The van der Waals surface area contributed by atoms with Crippen LogP contribution in [0.2, 0.25) is 0 Å². The highest BCUT2D eigenvalue weighted by atomic mass is 19.1. The lowest BCUT2D eigenvalue weighted by molar-refractivity contribution is -0.384.